The van der Waals surface area contributed by atoms with E-state index in [0.29, 0.717) is 6.04 Å². The summed E-state index contributed by atoms with van der Waals surface area (Å²) in [6.45, 7) is 1.85. The van der Waals surface area contributed by atoms with Crippen molar-refractivity contribution in [2.75, 3.05) is 33.7 Å². The molecule has 1 aromatic rings. The highest BCUT2D eigenvalue weighted by Gasteiger charge is 2.30. The Morgan fingerprint density at radius 2 is 2.00 bits per heavy atom. The molecule has 2 atom stereocenters. The van der Waals surface area contributed by atoms with Crippen LogP contribution in [0.5, 0.6) is 0 Å². The fourth-order valence-corrected chi connectivity index (χ4v) is 2.97. The molecule has 0 amide bonds. The topological polar surface area (TPSA) is 32.5 Å². The molecule has 0 bridgehead atoms. The number of hydrogen-bond acceptors (Lipinski definition) is 3. The van der Waals surface area contributed by atoms with Gasteiger partial charge in [0.25, 0.3) is 0 Å². The Kier molecular flexibility index (Phi) is 5.07. The predicted octanol–water partition coefficient (Wildman–Crippen LogP) is 1.99. The lowest BCUT2D eigenvalue weighted by atomic mass is 9.98. The van der Waals surface area contributed by atoms with Crippen LogP contribution in [0.1, 0.15) is 24.4 Å². The van der Waals surface area contributed by atoms with Crippen LogP contribution >= 0.6 is 0 Å². The molecular weight excluding hydrogens is 260 g/mol. The molecule has 1 aliphatic rings. The summed E-state index contributed by atoms with van der Waals surface area (Å²) < 4.78 is 27.9. The van der Waals surface area contributed by atoms with Crippen molar-refractivity contribution in [2.24, 2.45) is 5.73 Å². The quantitative estimate of drug-likeness (QED) is 0.917. The van der Waals surface area contributed by atoms with Gasteiger partial charge < -0.3 is 10.6 Å². The van der Waals surface area contributed by atoms with E-state index >= 15 is 0 Å². The van der Waals surface area contributed by atoms with E-state index in [-0.39, 0.29) is 18.2 Å². The first-order chi connectivity index (χ1) is 9.54. The lowest BCUT2D eigenvalue weighted by Gasteiger charge is -2.40. The van der Waals surface area contributed by atoms with Crippen LogP contribution < -0.4 is 5.73 Å². The summed E-state index contributed by atoms with van der Waals surface area (Å²) >= 11 is 0. The van der Waals surface area contributed by atoms with Crippen LogP contribution in [0.15, 0.2) is 18.2 Å². The van der Waals surface area contributed by atoms with Gasteiger partial charge in [-0.3, -0.25) is 4.90 Å². The highest BCUT2D eigenvalue weighted by atomic mass is 19.1. The second-order valence-electron chi connectivity index (χ2n) is 5.64. The maximum Gasteiger partial charge on any atom is 0.130 e. The number of nitrogens with zero attached hydrogens (tertiary/aromatic N) is 2. The maximum atomic E-state index is 14.0. The van der Waals surface area contributed by atoms with Gasteiger partial charge in [0.15, 0.2) is 0 Å². The summed E-state index contributed by atoms with van der Waals surface area (Å²) in [6, 6.07) is 4.01. The van der Waals surface area contributed by atoms with E-state index < -0.39 is 11.6 Å². The van der Waals surface area contributed by atoms with E-state index in [4.69, 9.17) is 5.73 Å². The van der Waals surface area contributed by atoms with Crippen LogP contribution in [0, 0.1) is 11.6 Å². The molecule has 0 aromatic heterocycles. The zero-order chi connectivity index (χ0) is 14.7. The lowest BCUT2D eigenvalue weighted by Crippen LogP contribution is -2.48. The van der Waals surface area contributed by atoms with Crippen molar-refractivity contribution in [1.82, 2.24) is 9.80 Å². The number of piperidine rings is 1. The molecule has 0 aliphatic carbocycles. The molecule has 1 fully saturated rings. The van der Waals surface area contributed by atoms with Crippen molar-refractivity contribution in [3.05, 3.63) is 35.4 Å². The monoisotopic (exact) mass is 283 g/mol. The van der Waals surface area contributed by atoms with Crippen molar-refractivity contribution in [1.29, 1.82) is 0 Å². The number of halogens is 2. The summed E-state index contributed by atoms with van der Waals surface area (Å²) in [4.78, 5) is 4.27. The van der Waals surface area contributed by atoms with E-state index in [9.17, 15) is 8.78 Å². The Balaban J connectivity index is 2.23. The molecule has 5 heteroatoms. The average molecular weight is 283 g/mol. The molecule has 0 saturated carbocycles. The fourth-order valence-electron chi connectivity index (χ4n) is 2.97. The van der Waals surface area contributed by atoms with Gasteiger partial charge in [-0.1, -0.05) is 6.07 Å². The van der Waals surface area contributed by atoms with Gasteiger partial charge in [0.1, 0.15) is 11.6 Å². The molecule has 2 unspecified atom stereocenters. The zero-order valence-corrected chi connectivity index (χ0v) is 12.1. The van der Waals surface area contributed by atoms with Crippen molar-refractivity contribution in [3.8, 4) is 0 Å². The van der Waals surface area contributed by atoms with Crippen molar-refractivity contribution < 1.29 is 8.78 Å². The van der Waals surface area contributed by atoms with Gasteiger partial charge in [0.05, 0.1) is 6.04 Å². The second-order valence-corrected chi connectivity index (χ2v) is 5.64. The third-order valence-corrected chi connectivity index (χ3v) is 4.16. The van der Waals surface area contributed by atoms with Gasteiger partial charge in [-0.15, -0.1) is 0 Å². The Bertz CT molecular complexity index is 430. The van der Waals surface area contributed by atoms with Crippen molar-refractivity contribution in [2.45, 2.75) is 24.9 Å². The normalized spacial score (nSPS) is 22.2. The van der Waals surface area contributed by atoms with E-state index in [1.807, 2.05) is 14.1 Å². The van der Waals surface area contributed by atoms with Crippen LogP contribution in [0.4, 0.5) is 8.78 Å². The first-order valence-electron chi connectivity index (χ1n) is 7.09. The van der Waals surface area contributed by atoms with E-state index in [2.05, 4.69) is 9.80 Å². The highest BCUT2D eigenvalue weighted by Crippen LogP contribution is 2.28. The van der Waals surface area contributed by atoms with Crippen molar-refractivity contribution in [3.63, 3.8) is 0 Å². The first-order valence-corrected chi connectivity index (χ1v) is 7.09. The zero-order valence-electron chi connectivity index (χ0n) is 12.1. The summed E-state index contributed by atoms with van der Waals surface area (Å²) in [5.74, 6) is -1.01. The van der Waals surface area contributed by atoms with Gasteiger partial charge in [-0.25, -0.2) is 8.78 Å². The van der Waals surface area contributed by atoms with Crippen LogP contribution in [-0.4, -0.2) is 49.6 Å². The first kappa shape index (κ1) is 15.4. The molecule has 3 nitrogen and oxygen atoms in total. The molecule has 0 radical (unpaired) electrons. The van der Waals surface area contributed by atoms with E-state index in [1.165, 1.54) is 18.2 Å². The molecular formula is C15H23F2N3. The van der Waals surface area contributed by atoms with Gasteiger partial charge in [-0.2, -0.15) is 0 Å². The third-order valence-electron chi connectivity index (χ3n) is 4.16. The smallest absolute Gasteiger partial charge is 0.130 e. The second kappa shape index (κ2) is 6.61. The molecule has 112 valence electrons. The molecule has 1 aliphatic heterocycles. The Labute approximate surface area is 119 Å². The number of hydrogen-bond donors (Lipinski definition) is 1. The summed E-state index contributed by atoms with van der Waals surface area (Å²) in [5, 5.41) is 0. The molecule has 2 rings (SSSR count). The number of benzene rings is 1. The SMILES string of the molecule is CN(C)C1CCCN(C(CN)c2c(F)cccc2F)C1. The van der Waals surface area contributed by atoms with Gasteiger partial charge in [0, 0.05) is 24.7 Å². The number of nitrogens with two attached hydrogens (primary N) is 1. The van der Waals surface area contributed by atoms with Crippen LogP contribution in [0.3, 0.4) is 0 Å². The lowest BCUT2D eigenvalue weighted by molar-refractivity contribution is 0.0953. The summed E-state index contributed by atoms with van der Waals surface area (Å²) in [7, 11) is 4.07. The minimum atomic E-state index is -0.507. The van der Waals surface area contributed by atoms with E-state index in [1.54, 1.807) is 0 Å². The van der Waals surface area contributed by atoms with Gasteiger partial charge in [-0.05, 0) is 45.6 Å². The van der Waals surface area contributed by atoms with Gasteiger partial charge in [0.2, 0.25) is 0 Å². The molecule has 2 N–H and O–H groups in total. The highest BCUT2D eigenvalue weighted by molar-refractivity contribution is 5.24. The van der Waals surface area contributed by atoms with Crippen LogP contribution in [-0.2, 0) is 0 Å². The molecule has 0 spiro atoms. The summed E-state index contributed by atoms with van der Waals surface area (Å²) in [6.07, 6.45) is 2.13. The van der Waals surface area contributed by atoms with Crippen LogP contribution in [0.25, 0.3) is 0 Å². The number of likely N-dealkylation sites (tertiary alicyclic amines) is 1. The fraction of sp³-hybridized carbons (Fsp3) is 0.600. The largest absolute Gasteiger partial charge is 0.329 e. The molecule has 20 heavy (non-hydrogen) atoms. The Hall–Kier alpha value is -1.04. The van der Waals surface area contributed by atoms with Crippen LogP contribution in [0.2, 0.25) is 0 Å². The Morgan fingerprint density at radius 1 is 1.35 bits per heavy atom. The molecule has 1 aromatic carbocycles. The summed E-state index contributed by atoms with van der Waals surface area (Å²) in [5.41, 5.74) is 5.91. The average Bonchev–Trinajstić information content (AvgIpc) is 2.43. The van der Waals surface area contributed by atoms with Gasteiger partial charge >= 0.3 is 0 Å². The molecule has 1 heterocycles. The minimum absolute atomic E-state index is 0.106. The predicted molar refractivity (Wildman–Crippen MR) is 76.4 cm³/mol. The third kappa shape index (κ3) is 3.16. The minimum Gasteiger partial charge on any atom is -0.329 e. The van der Waals surface area contributed by atoms with Crippen molar-refractivity contribution >= 4 is 0 Å². The number of rotatable bonds is 4. The Morgan fingerprint density at radius 3 is 2.55 bits per heavy atom. The number of likely N-dealkylation sites (N-methyl/N-ethyl adjacent to an activating group) is 1. The standard InChI is InChI=1S/C15H23F2N3/c1-19(2)11-5-4-8-20(10-11)14(9-18)15-12(16)6-3-7-13(15)17/h3,6-7,11,14H,4-5,8-10,18H2,1-2H3. The van der Waals surface area contributed by atoms with E-state index in [0.717, 1.165) is 25.9 Å². The molecule has 1 saturated heterocycles. The maximum absolute atomic E-state index is 14.0.